The molecule has 3 heterocycles. The van der Waals surface area contributed by atoms with Gasteiger partial charge in [-0.15, -0.1) is 11.3 Å². The third kappa shape index (κ3) is 4.14. The van der Waals surface area contributed by atoms with Crippen LogP contribution in [0.5, 0.6) is 5.06 Å². The van der Waals surface area contributed by atoms with Gasteiger partial charge in [-0.05, 0) is 36.8 Å². The molecule has 1 saturated carbocycles. The summed E-state index contributed by atoms with van der Waals surface area (Å²) in [4.78, 5) is 31.6. The van der Waals surface area contributed by atoms with E-state index in [4.69, 9.17) is 4.74 Å². The summed E-state index contributed by atoms with van der Waals surface area (Å²) in [6.45, 7) is 5.65. The first kappa shape index (κ1) is 18.7. The Morgan fingerprint density at radius 1 is 1.15 bits per heavy atom. The van der Waals surface area contributed by atoms with Crippen LogP contribution in [0.1, 0.15) is 39.0 Å². The van der Waals surface area contributed by atoms with Crippen molar-refractivity contribution in [3.63, 3.8) is 0 Å². The molecule has 1 aliphatic carbocycles. The van der Waals surface area contributed by atoms with E-state index in [1.165, 1.54) is 19.3 Å². The van der Waals surface area contributed by atoms with Gasteiger partial charge in [0.25, 0.3) is 0 Å². The smallest absolute Gasteiger partial charge is 0.245 e. The van der Waals surface area contributed by atoms with Gasteiger partial charge >= 0.3 is 0 Å². The van der Waals surface area contributed by atoms with E-state index in [0.29, 0.717) is 13.0 Å². The van der Waals surface area contributed by atoms with Gasteiger partial charge in [-0.25, -0.2) is 0 Å². The molecule has 2 amide bonds. The minimum Gasteiger partial charge on any atom is -0.479 e. The van der Waals surface area contributed by atoms with Crippen molar-refractivity contribution >= 4 is 23.2 Å². The lowest BCUT2D eigenvalue weighted by atomic mass is 9.91. The maximum atomic E-state index is 13.2. The Bertz CT molecular complexity index is 661. The molecule has 2 aliphatic heterocycles. The second-order valence-electron chi connectivity index (χ2n) is 7.89. The van der Waals surface area contributed by atoms with E-state index < -0.39 is 0 Å². The van der Waals surface area contributed by atoms with Crippen LogP contribution in [0.3, 0.4) is 0 Å². The fourth-order valence-corrected chi connectivity index (χ4v) is 5.09. The maximum absolute atomic E-state index is 13.2. The van der Waals surface area contributed by atoms with Crippen molar-refractivity contribution in [2.75, 3.05) is 32.7 Å². The fourth-order valence-electron chi connectivity index (χ4n) is 4.45. The summed E-state index contributed by atoms with van der Waals surface area (Å²) in [7, 11) is 0. The predicted molar refractivity (Wildman–Crippen MR) is 105 cm³/mol. The minimum atomic E-state index is -0.386. The molecule has 2 atom stereocenters. The summed E-state index contributed by atoms with van der Waals surface area (Å²) in [5.41, 5.74) is 0. The highest BCUT2D eigenvalue weighted by molar-refractivity contribution is 7.11. The molecule has 4 rings (SSSR count). The van der Waals surface area contributed by atoms with Gasteiger partial charge in [0, 0.05) is 45.6 Å². The SMILES string of the molecule is CC(=O)N1C[C@@H](Oc2cccs2)C[C@@H]1C(=O)N1CCCN(C2CCC2)CC1. The van der Waals surface area contributed by atoms with Crippen LogP contribution in [-0.4, -0.2) is 77.4 Å². The van der Waals surface area contributed by atoms with Crippen LogP contribution in [0.4, 0.5) is 0 Å². The molecule has 27 heavy (non-hydrogen) atoms. The van der Waals surface area contributed by atoms with Crippen LogP contribution in [0.15, 0.2) is 17.5 Å². The summed E-state index contributed by atoms with van der Waals surface area (Å²) < 4.78 is 6.00. The number of nitrogens with zero attached hydrogens (tertiary/aromatic N) is 3. The van der Waals surface area contributed by atoms with Crippen LogP contribution in [-0.2, 0) is 9.59 Å². The highest BCUT2D eigenvalue weighted by Crippen LogP contribution is 2.28. The predicted octanol–water partition coefficient (Wildman–Crippen LogP) is 2.20. The zero-order valence-corrected chi connectivity index (χ0v) is 16.8. The van der Waals surface area contributed by atoms with E-state index >= 15 is 0 Å². The van der Waals surface area contributed by atoms with Crippen molar-refractivity contribution in [1.29, 1.82) is 0 Å². The minimum absolute atomic E-state index is 0.0449. The molecule has 0 aromatic carbocycles. The lowest BCUT2D eigenvalue weighted by Gasteiger charge is -2.36. The van der Waals surface area contributed by atoms with Gasteiger partial charge in [0.1, 0.15) is 12.1 Å². The molecule has 0 spiro atoms. The summed E-state index contributed by atoms with van der Waals surface area (Å²) in [5, 5.41) is 2.82. The van der Waals surface area contributed by atoms with Crippen molar-refractivity contribution in [1.82, 2.24) is 14.7 Å². The number of hydrogen-bond donors (Lipinski definition) is 0. The summed E-state index contributed by atoms with van der Waals surface area (Å²) in [6.07, 6.45) is 5.43. The van der Waals surface area contributed by atoms with Crippen molar-refractivity contribution in [2.45, 2.75) is 57.2 Å². The van der Waals surface area contributed by atoms with Gasteiger partial charge in [-0.1, -0.05) is 6.42 Å². The van der Waals surface area contributed by atoms with Crippen molar-refractivity contribution in [3.8, 4) is 5.06 Å². The van der Waals surface area contributed by atoms with Crippen LogP contribution in [0.2, 0.25) is 0 Å². The van der Waals surface area contributed by atoms with E-state index in [1.807, 2.05) is 22.4 Å². The lowest BCUT2D eigenvalue weighted by molar-refractivity contribution is -0.142. The molecule has 3 aliphatic rings. The van der Waals surface area contributed by atoms with Crippen LogP contribution >= 0.6 is 11.3 Å². The first-order chi connectivity index (χ1) is 13.1. The molecule has 6 nitrogen and oxygen atoms in total. The van der Waals surface area contributed by atoms with Crippen LogP contribution in [0, 0.1) is 0 Å². The van der Waals surface area contributed by atoms with Crippen molar-refractivity contribution in [3.05, 3.63) is 17.5 Å². The molecule has 3 fully saturated rings. The number of carbonyl (C=O) groups is 2. The number of thiophene rings is 1. The largest absolute Gasteiger partial charge is 0.479 e. The van der Waals surface area contributed by atoms with Gasteiger partial charge in [-0.2, -0.15) is 0 Å². The molecule has 0 unspecified atom stereocenters. The normalized spacial score (nSPS) is 27.3. The molecule has 148 valence electrons. The first-order valence-electron chi connectivity index (χ1n) is 10.1. The van der Waals surface area contributed by atoms with E-state index in [-0.39, 0.29) is 24.0 Å². The summed E-state index contributed by atoms with van der Waals surface area (Å²) >= 11 is 1.54. The van der Waals surface area contributed by atoms with Gasteiger partial charge in [-0.3, -0.25) is 14.5 Å². The Hall–Kier alpha value is -1.60. The van der Waals surface area contributed by atoms with E-state index in [9.17, 15) is 9.59 Å². The number of hydrogen-bond acceptors (Lipinski definition) is 5. The molecular formula is C20H29N3O3S. The van der Waals surface area contributed by atoms with Crippen LogP contribution in [0.25, 0.3) is 0 Å². The number of ether oxygens (including phenoxy) is 1. The molecule has 0 bridgehead atoms. The highest BCUT2D eigenvalue weighted by Gasteiger charge is 2.41. The van der Waals surface area contributed by atoms with Gasteiger partial charge in [0.15, 0.2) is 5.06 Å². The number of carbonyl (C=O) groups excluding carboxylic acids is 2. The summed E-state index contributed by atoms with van der Waals surface area (Å²) in [6, 6.07) is 4.22. The topological polar surface area (TPSA) is 53.1 Å². The van der Waals surface area contributed by atoms with Gasteiger partial charge in [0.05, 0.1) is 6.54 Å². The quantitative estimate of drug-likeness (QED) is 0.790. The standard InChI is InChI=1S/C20H29N3O3S/c1-15(24)23-14-17(26-19-7-3-12-27-19)13-18(23)20(25)22-9-4-8-21(10-11-22)16-5-2-6-16/h3,7,12,16-18H,2,4-6,8-11,13-14H2,1H3/t17-,18+/m0/s1. The number of rotatable bonds is 4. The molecule has 0 radical (unpaired) electrons. The van der Waals surface area contributed by atoms with Crippen molar-refractivity contribution < 1.29 is 14.3 Å². The fraction of sp³-hybridized carbons (Fsp3) is 0.700. The second-order valence-corrected chi connectivity index (χ2v) is 8.80. The highest BCUT2D eigenvalue weighted by atomic mass is 32.1. The summed E-state index contributed by atoms with van der Waals surface area (Å²) in [5.74, 6) is 0.0504. The van der Waals surface area contributed by atoms with Crippen LogP contribution < -0.4 is 4.74 Å². The third-order valence-corrected chi connectivity index (χ3v) is 6.92. The number of amides is 2. The Morgan fingerprint density at radius 3 is 2.67 bits per heavy atom. The van der Waals surface area contributed by atoms with Gasteiger partial charge in [0.2, 0.25) is 11.8 Å². The molecule has 1 aromatic heterocycles. The average molecular weight is 392 g/mol. The second kappa shape index (κ2) is 8.19. The molecular weight excluding hydrogens is 362 g/mol. The zero-order valence-electron chi connectivity index (χ0n) is 16.0. The van der Waals surface area contributed by atoms with Crippen molar-refractivity contribution in [2.24, 2.45) is 0 Å². The van der Waals surface area contributed by atoms with E-state index in [2.05, 4.69) is 4.90 Å². The Morgan fingerprint density at radius 2 is 2.00 bits per heavy atom. The molecule has 2 saturated heterocycles. The van der Waals surface area contributed by atoms with E-state index in [1.54, 1.807) is 23.2 Å². The molecule has 0 N–H and O–H groups in total. The zero-order chi connectivity index (χ0) is 18.8. The Labute approximate surface area is 165 Å². The van der Waals surface area contributed by atoms with Gasteiger partial charge < -0.3 is 14.5 Å². The number of likely N-dealkylation sites (tertiary alicyclic amines) is 1. The van der Waals surface area contributed by atoms with E-state index in [0.717, 1.165) is 43.7 Å². The maximum Gasteiger partial charge on any atom is 0.245 e. The monoisotopic (exact) mass is 391 g/mol. The average Bonchev–Trinajstić information content (AvgIpc) is 3.19. The molecule has 7 heteroatoms. The Balaban J connectivity index is 1.39. The molecule has 1 aromatic rings. The Kier molecular flexibility index (Phi) is 5.68. The third-order valence-electron chi connectivity index (χ3n) is 6.16. The first-order valence-corrected chi connectivity index (χ1v) is 11.0. The lowest BCUT2D eigenvalue weighted by Crippen LogP contribution is -2.48.